The third-order valence-electron chi connectivity index (χ3n) is 2.60. The summed E-state index contributed by atoms with van der Waals surface area (Å²) >= 11 is 1.10. The number of thiazole rings is 1. The van der Waals surface area contributed by atoms with Crippen LogP contribution in [0.25, 0.3) is 0 Å². The van der Waals surface area contributed by atoms with Crippen LogP contribution in [-0.2, 0) is 13.0 Å². The predicted molar refractivity (Wildman–Crippen MR) is 70.7 cm³/mol. The van der Waals surface area contributed by atoms with Gasteiger partial charge in [-0.1, -0.05) is 6.07 Å². The van der Waals surface area contributed by atoms with Crippen molar-refractivity contribution in [3.05, 3.63) is 39.8 Å². The third-order valence-corrected chi connectivity index (χ3v) is 3.49. The van der Waals surface area contributed by atoms with Crippen molar-refractivity contribution in [1.82, 2.24) is 4.98 Å². The average Bonchev–Trinajstić information content (AvgIpc) is 2.86. The third kappa shape index (κ3) is 5.57. The zero-order valence-electron chi connectivity index (χ0n) is 11.6. The Morgan fingerprint density at radius 2 is 1.71 bits per heavy atom. The maximum atomic E-state index is 12.5. The van der Waals surface area contributed by atoms with Crippen molar-refractivity contribution in [2.45, 2.75) is 25.8 Å². The van der Waals surface area contributed by atoms with Gasteiger partial charge < -0.3 is 14.6 Å². The van der Waals surface area contributed by atoms with Crippen molar-refractivity contribution in [3.63, 3.8) is 0 Å². The molecule has 0 spiro atoms. The van der Waals surface area contributed by atoms with Gasteiger partial charge in [-0.25, -0.2) is 4.98 Å². The van der Waals surface area contributed by atoms with Gasteiger partial charge in [-0.05, 0) is 6.07 Å². The summed E-state index contributed by atoms with van der Waals surface area (Å²) in [6.07, 6.45) is -10.2. The van der Waals surface area contributed by atoms with Crippen molar-refractivity contribution in [2.75, 3.05) is 0 Å². The Morgan fingerprint density at radius 3 is 2.25 bits per heavy atom. The molecule has 0 aliphatic heterocycles. The molecule has 0 unspecified atom stereocenters. The van der Waals surface area contributed by atoms with Gasteiger partial charge in [0.05, 0.1) is 12.3 Å². The Hall–Kier alpha value is -2.01. The second kappa shape index (κ2) is 6.85. The number of halogens is 6. The van der Waals surface area contributed by atoms with Gasteiger partial charge in [-0.2, -0.15) is 0 Å². The summed E-state index contributed by atoms with van der Waals surface area (Å²) in [6.45, 7) is -0.324. The Bertz CT molecular complexity index is 698. The fourth-order valence-electron chi connectivity index (χ4n) is 1.80. The van der Waals surface area contributed by atoms with Crippen LogP contribution in [-0.4, -0.2) is 22.8 Å². The van der Waals surface area contributed by atoms with Crippen molar-refractivity contribution >= 4 is 11.3 Å². The van der Waals surface area contributed by atoms with E-state index in [1.54, 1.807) is 0 Å². The molecule has 1 heterocycles. The Morgan fingerprint density at radius 1 is 1.04 bits per heavy atom. The summed E-state index contributed by atoms with van der Waals surface area (Å²) in [7, 11) is 0. The van der Waals surface area contributed by atoms with Gasteiger partial charge in [0.25, 0.3) is 0 Å². The topological polar surface area (TPSA) is 51.6 Å². The lowest BCUT2D eigenvalue weighted by Crippen LogP contribution is -2.19. The maximum Gasteiger partial charge on any atom is 0.573 e. The molecule has 1 aromatic heterocycles. The molecule has 0 amide bonds. The fraction of sp³-hybridized carbons (Fsp3) is 0.308. The number of ether oxygens (including phenoxy) is 2. The second-order valence-electron chi connectivity index (χ2n) is 4.43. The Labute approximate surface area is 135 Å². The Balaban J connectivity index is 2.30. The number of hydrogen-bond donors (Lipinski definition) is 1. The van der Waals surface area contributed by atoms with Crippen LogP contribution in [0.5, 0.6) is 11.5 Å². The summed E-state index contributed by atoms with van der Waals surface area (Å²) in [5.74, 6) is -1.65. The molecule has 0 saturated carbocycles. The Kier molecular flexibility index (Phi) is 5.23. The highest BCUT2D eigenvalue weighted by molar-refractivity contribution is 7.09. The number of rotatable bonds is 5. The minimum absolute atomic E-state index is 0.0309. The number of aliphatic hydroxyl groups is 1. The molecule has 2 aromatic rings. The largest absolute Gasteiger partial charge is 0.573 e. The zero-order valence-corrected chi connectivity index (χ0v) is 12.4. The summed E-state index contributed by atoms with van der Waals surface area (Å²) in [5.41, 5.74) is 0.317. The molecule has 0 aliphatic carbocycles. The number of nitrogens with zero attached hydrogens (tertiary/aromatic N) is 1. The fourth-order valence-corrected chi connectivity index (χ4v) is 2.45. The summed E-state index contributed by atoms with van der Waals surface area (Å²) in [5, 5.41) is 10.8. The standard InChI is InChI=1S/C13H9F6NO3S/c14-12(15,16)22-9-2-1-7(10(4-9)23-13(17,18)19)3-8-6-24-11(5-21)20-8/h1-2,4,6,21H,3,5H2. The number of alkyl halides is 6. The molecule has 132 valence electrons. The van der Waals surface area contributed by atoms with Crippen LogP contribution < -0.4 is 9.47 Å². The van der Waals surface area contributed by atoms with Crippen molar-refractivity contribution in [3.8, 4) is 11.5 Å². The monoisotopic (exact) mass is 373 g/mol. The van der Waals surface area contributed by atoms with Gasteiger partial charge in [0.15, 0.2) is 0 Å². The zero-order chi connectivity index (χ0) is 18.0. The quantitative estimate of drug-likeness (QED) is 0.805. The van der Waals surface area contributed by atoms with Crippen LogP contribution in [0.2, 0.25) is 0 Å². The van der Waals surface area contributed by atoms with Gasteiger partial charge in [-0.3, -0.25) is 0 Å². The molecule has 0 saturated heterocycles. The van der Waals surface area contributed by atoms with Gasteiger partial charge in [-0.15, -0.1) is 37.7 Å². The molecule has 1 N–H and O–H groups in total. The molecule has 11 heteroatoms. The lowest BCUT2D eigenvalue weighted by Gasteiger charge is -2.15. The molecule has 2 rings (SSSR count). The van der Waals surface area contributed by atoms with Crippen molar-refractivity contribution in [2.24, 2.45) is 0 Å². The minimum atomic E-state index is -5.08. The molecule has 0 bridgehead atoms. The molecule has 0 aliphatic rings. The van der Waals surface area contributed by atoms with E-state index in [-0.39, 0.29) is 18.6 Å². The number of aliphatic hydroxyl groups excluding tert-OH is 1. The normalized spacial score (nSPS) is 12.3. The second-order valence-corrected chi connectivity index (χ2v) is 5.38. The van der Waals surface area contributed by atoms with E-state index in [1.165, 1.54) is 5.38 Å². The van der Waals surface area contributed by atoms with Gasteiger partial charge in [0.2, 0.25) is 0 Å². The molecule has 0 radical (unpaired) electrons. The first-order valence-corrected chi connectivity index (χ1v) is 7.12. The first-order valence-electron chi connectivity index (χ1n) is 6.24. The number of aromatic nitrogens is 1. The van der Waals surface area contributed by atoms with E-state index in [4.69, 9.17) is 5.11 Å². The van der Waals surface area contributed by atoms with Crippen LogP contribution in [0.4, 0.5) is 26.3 Å². The van der Waals surface area contributed by atoms with E-state index < -0.39 is 24.2 Å². The average molecular weight is 373 g/mol. The van der Waals surface area contributed by atoms with Crippen LogP contribution in [0.15, 0.2) is 23.6 Å². The number of benzene rings is 1. The molecule has 1 aromatic carbocycles. The number of hydrogen-bond acceptors (Lipinski definition) is 5. The van der Waals surface area contributed by atoms with E-state index >= 15 is 0 Å². The van der Waals surface area contributed by atoms with Crippen LogP contribution in [0.1, 0.15) is 16.3 Å². The van der Waals surface area contributed by atoms with E-state index in [0.717, 1.165) is 23.5 Å². The smallest absolute Gasteiger partial charge is 0.406 e. The summed E-state index contributed by atoms with van der Waals surface area (Å²) in [4.78, 5) is 3.96. The van der Waals surface area contributed by atoms with E-state index in [0.29, 0.717) is 16.8 Å². The lowest BCUT2D eigenvalue weighted by atomic mass is 10.1. The SMILES string of the molecule is OCc1nc(Cc2ccc(OC(F)(F)F)cc2OC(F)(F)F)cs1. The summed E-state index contributed by atoms with van der Waals surface area (Å²) in [6, 6.07) is 2.42. The van der Waals surface area contributed by atoms with E-state index in [1.807, 2.05) is 0 Å². The van der Waals surface area contributed by atoms with Gasteiger partial charge in [0, 0.05) is 23.4 Å². The molecular weight excluding hydrogens is 364 g/mol. The molecule has 4 nitrogen and oxygen atoms in total. The minimum Gasteiger partial charge on any atom is -0.406 e. The van der Waals surface area contributed by atoms with E-state index in [2.05, 4.69) is 14.5 Å². The van der Waals surface area contributed by atoms with Crippen LogP contribution >= 0.6 is 11.3 Å². The van der Waals surface area contributed by atoms with Crippen LogP contribution in [0, 0.1) is 0 Å². The first-order chi connectivity index (χ1) is 11.1. The van der Waals surface area contributed by atoms with Gasteiger partial charge >= 0.3 is 12.7 Å². The van der Waals surface area contributed by atoms with Crippen LogP contribution in [0.3, 0.4) is 0 Å². The summed E-state index contributed by atoms with van der Waals surface area (Å²) < 4.78 is 81.3. The highest BCUT2D eigenvalue weighted by Gasteiger charge is 2.34. The first kappa shape index (κ1) is 18.3. The highest BCUT2D eigenvalue weighted by atomic mass is 32.1. The molecular formula is C13H9F6NO3S. The van der Waals surface area contributed by atoms with Crippen molar-refractivity contribution in [1.29, 1.82) is 0 Å². The van der Waals surface area contributed by atoms with E-state index in [9.17, 15) is 26.3 Å². The van der Waals surface area contributed by atoms with Gasteiger partial charge in [0.1, 0.15) is 16.5 Å². The predicted octanol–water partition coefficient (Wildman–Crippen LogP) is 4.02. The molecule has 24 heavy (non-hydrogen) atoms. The van der Waals surface area contributed by atoms with Crippen molar-refractivity contribution < 1.29 is 40.9 Å². The maximum absolute atomic E-state index is 12.5. The molecule has 0 fully saturated rings. The lowest BCUT2D eigenvalue weighted by molar-refractivity contribution is -0.276. The molecule has 0 atom stereocenters. The highest BCUT2D eigenvalue weighted by Crippen LogP contribution is 2.33.